The fraction of sp³-hybridized carbons (Fsp3) is 0.333. The fourth-order valence-corrected chi connectivity index (χ4v) is 1.82. The molecule has 7 heteroatoms. The maximum Gasteiger partial charge on any atom is 0.250 e. The Morgan fingerprint density at radius 2 is 2.05 bits per heavy atom. The van der Waals surface area contributed by atoms with Crippen molar-refractivity contribution in [2.75, 3.05) is 7.05 Å². The number of benzene rings is 1. The van der Waals surface area contributed by atoms with Gasteiger partial charge in [-0.25, -0.2) is 8.78 Å². The van der Waals surface area contributed by atoms with Crippen LogP contribution in [0.3, 0.4) is 0 Å². The van der Waals surface area contributed by atoms with Crippen molar-refractivity contribution in [2.24, 2.45) is 0 Å². The summed E-state index contributed by atoms with van der Waals surface area (Å²) in [4.78, 5) is 0. The van der Waals surface area contributed by atoms with E-state index in [-0.39, 0.29) is 22.5 Å². The lowest BCUT2D eigenvalue weighted by molar-refractivity contribution is 0.414. The standard InChI is InChI=1S/C12H12ClF2N3O/c1-3-10(16-2)12-18-17-11(19-12)6-4-9(15)7(13)5-8(6)14/h4-5,10,16H,3H2,1-2H3. The zero-order valence-corrected chi connectivity index (χ0v) is 11.1. The second-order valence-corrected chi connectivity index (χ2v) is 4.35. The van der Waals surface area contributed by atoms with Crippen molar-refractivity contribution in [3.05, 3.63) is 34.7 Å². The van der Waals surface area contributed by atoms with E-state index < -0.39 is 11.6 Å². The highest BCUT2D eigenvalue weighted by molar-refractivity contribution is 6.30. The molecule has 0 bridgehead atoms. The lowest BCUT2D eigenvalue weighted by atomic mass is 10.2. The van der Waals surface area contributed by atoms with Crippen LogP contribution in [-0.2, 0) is 0 Å². The molecule has 1 N–H and O–H groups in total. The molecule has 2 aromatic rings. The molecule has 0 radical (unpaired) electrons. The predicted octanol–water partition coefficient (Wildman–Crippen LogP) is 3.34. The predicted molar refractivity (Wildman–Crippen MR) is 66.8 cm³/mol. The van der Waals surface area contributed by atoms with Crippen LogP contribution < -0.4 is 5.32 Å². The average Bonchev–Trinajstić information content (AvgIpc) is 2.85. The van der Waals surface area contributed by atoms with Gasteiger partial charge in [-0.3, -0.25) is 0 Å². The van der Waals surface area contributed by atoms with Gasteiger partial charge >= 0.3 is 0 Å². The number of halogens is 3. The highest BCUT2D eigenvalue weighted by Gasteiger charge is 2.19. The molecule has 0 fully saturated rings. The first kappa shape index (κ1) is 13.9. The second-order valence-electron chi connectivity index (χ2n) is 3.94. The third kappa shape index (κ3) is 2.74. The van der Waals surface area contributed by atoms with E-state index in [1.807, 2.05) is 6.92 Å². The number of hydrogen-bond donors (Lipinski definition) is 1. The second kappa shape index (κ2) is 5.63. The van der Waals surface area contributed by atoms with Crippen molar-refractivity contribution in [2.45, 2.75) is 19.4 Å². The number of nitrogens with one attached hydrogen (secondary N) is 1. The van der Waals surface area contributed by atoms with Crippen LogP contribution in [0.4, 0.5) is 8.78 Å². The molecule has 19 heavy (non-hydrogen) atoms. The fourth-order valence-electron chi connectivity index (χ4n) is 1.67. The number of rotatable bonds is 4. The Labute approximate surface area is 113 Å². The molecule has 0 aliphatic carbocycles. The van der Waals surface area contributed by atoms with Gasteiger partial charge in [0.05, 0.1) is 16.6 Å². The van der Waals surface area contributed by atoms with Gasteiger partial charge in [0.2, 0.25) is 5.89 Å². The first-order valence-electron chi connectivity index (χ1n) is 5.72. The monoisotopic (exact) mass is 287 g/mol. The lowest BCUT2D eigenvalue weighted by Gasteiger charge is -2.07. The summed E-state index contributed by atoms with van der Waals surface area (Å²) in [5.74, 6) is -1.19. The van der Waals surface area contributed by atoms with Gasteiger partial charge in [0.1, 0.15) is 11.6 Å². The Hall–Kier alpha value is -1.53. The Bertz CT molecular complexity index is 584. The first-order valence-corrected chi connectivity index (χ1v) is 6.10. The van der Waals surface area contributed by atoms with E-state index in [2.05, 4.69) is 15.5 Å². The molecule has 0 saturated heterocycles. The molecule has 2 rings (SSSR count). The van der Waals surface area contributed by atoms with Gasteiger partial charge in [-0.2, -0.15) is 0 Å². The third-order valence-corrected chi connectivity index (χ3v) is 3.03. The molecule has 0 spiro atoms. The van der Waals surface area contributed by atoms with E-state index in [1.54, 1.807) is 7.05 Å². The summed E-state index contributed by atoms with van der Waals surface area (Å²) in [6.45, 7) is 1.94. The van der Waals surface area contributed by atoms with Gasteiger partial charge < -0.3 is 9.73 Å². The van der Waals surface area contributed by atoms with Gasteiger partial charge in [0, 0.05) is 0 Å². The van der Waals surface area contributed by atoms with Crippen LogP contribution >= 0.6 is 11.6 Å². The molecule has 0 aliphatic rings. The van der Waals surface area contributed by atoms with Crippen LogP contribution in [0.25, 0.3) is 11.5 Å². The summed E-state index contributed by atoms with van der Waals surface area (Å²) >= 11 is 5.48. The van der Waals surface area contributed by atoms with Crippen molar-refractivity contribution >= 4 is 11.6 Å². The molecule has 4 nitrogen and oxygen atoms in total. The molecule has 1 atom stereocenters. The lowest BCUT2D eigenvalue weighted by Crippen LogP contribution is -2.15. The van der Waals surface area contributed by atoms with Crippen molar-refractivity contribution in [3.63, 3.8) is 0 Å². The van der Waals surface area contributed by atoms with Crippen LogP contribution in [0, 0.1) is 11.6 Å². The SMILES string of the molecule is CCC(NC)c1nnc(-c2cc(F)c(Cl)cc2F)o1. The normalized spacial score (nSPS) is 12.7. The van der Waals surface area contributed by atoms with E-state index in [4.69, 9.17) is 16.0 Å². The molecular formula is C12H12ClF2N3O. The largest absolute Gasteiger partial charge is 0.419 e. The van der Waals surface area contributed by atoms with Gasteiger partial charge in [-0.1, -0.05) is 18.5 Å². The van der Waals surface area contributed by atoms with E-state index in [0.29, 0.717) is 5.89 Å². The number of nitrogens with zero attached hydrogens (tertiary/aromatic N) is 2. The van der Waals surface area contributed by atoms with Crippen molar-refractivity contribution in [1.82, 2.24) is 15.5 Å². The Morgan fingerprint density at radius 1 is 1.32 bits per heavy atom. The molecule has 1 aromatic heterocycles. The molecular weight excluding hydrogens is 276 g/mol. The summed E-state index contributed by atoms with van der Waals surface area (Å²) < 4.78 is 32.4. The van der Waals surface area contributed by atoms with Crippen molar-refractivity contribution in [3.8, 4) is 11.5 Å². The first-order chi connectivity index (χ1) is 9.06. The summed E-state index contributed by atoms with van der Waals surface area (Å²) in [6.07, 6.45) is 0.732. The molecule has 0 aliphatic heterocycles. The topological polar surface area (TPSA) is 51.0 Å². The van der Waals surface area contributed by atoms with Crippen LogP contribution in [0.1, 0.15) is 25.3 Å². The van der Waals surface area contributed by atoms with E-state index in [0.717, 1.165) is 18.6 Å². The van der Waals surface area contributed by atoms with Crippen molar-refractivity contribution < 1.29 is 13.2 Å². The quantitative estimate of drug-likeness (QED) is 0.876. The summed E-state index contributed by atoms with van der Waals surface area (Å²) in [6, 6.07) is 1.70. The van der Waals surface area contributed by atoms with Gasteiger partial charge in [-0.05, 0) is 25.6 Å². The summed E-state index contributed by atoms with van der Waals surface area (Å²) in [7, 11) is 1.75. The zero-order valence-electron chi connectivity index (χ0n) is 10.4. The minimum absolute atomic E-state index is 0.0724. The maximum atomic E-state index is 13.7. The smallest absolute Gasteiger partial charge is 0.250 e. The van der Waals surface area contributed by atoms with Crippen LogP contribution in [-0.4, -0.2) is 17.2 Å². The molecule has 0 amide bonds. The average molecular weight is 288 g/mol. The number of aromatic nitrogens is 2. The molecule has 1 heterocycles. The van der Waals surface area contributed by atoms with Crippen molar-refractivity contribution in [1.29, 1.82) is 0 Å². The maximum absolute atomic E-state index is 13.7. The molecule has 102 valence electrons. The highest BCUT2D eigenvalue weighted by Crippen LogP contribution is 2.28. The highest BCUT2D eigenvalue weighted by atomic mass is 35.5. The molecule has 1 aromatic carbocycles. The Morgan fingerprint density at radius 3 is 2.68 bits per heavy atom. The third-order valence-electron chi connectivity index (χ3n) is 2.74. The minimum Gasteiger partial charge on any atom is -0.419 e. The van der Waals surface area contributed by atoms with Gasteiger partial charge in [-0.15, -0.1) is 10.2 Å². The Balaban J connectivity index is 2.40. The van der Waals surface area contributed by atoms with Crippen LogP contribution in [0.5, 0.6) is 0 Å². The van der Waals surface area contributed by atoms with E-state index >= 15 is 0 Å². The molecule has 1 unspecified atom stereocenters. The molecule has 0 saturated carbocycles. The van der Waals surface area contributed by atoms with Crippen LogP contribution in [0.15, 0.2) is 16.5 Å². The van der Waals surface area contributed by atoms with Crippen LogP contribution in [0.2, 0.25) is 5.02 Å². The summed E-state index contributed by atoms with van der Waals surface area (Å²) in [5.41, 5.74) is -0.105. The summed E-state index contributed by atoms with van der Waals surface area (Å²) in [5, 5.41) is 10.2. The van der Waals surface area contributed by atoms with E-state index in [9.17, 15) is 8.78 Å². The zero-order chi connectivity index (χ0) is 14.0. The van der Waals surface area contributed by atoms with Gasteiger partial charge in [0.25, 0.3) is 5.89 Å². The minimum atomic E-state index is -0.738. The van der Waals surface area contributed by atoms with E-state index in [1.165, 1.54) is 0 Å². The number of hydrogen-bond acceptors (Lipinski definition) is 4. The van der Waals surface area contributed by atoms with Gasteiger partial charge in [0.15, 0.2) is 0 Å². The Kier molecular flexibility index (Phi) is 4.11.